The molecule has 0 aliphatic rings. The number of halogens is 1. The Labute approximate surface area is 160 Å². The van der Waals surface area contributed by atoms with Crippen LogP contribution in [0.25, 0.3) is 0 Å². The van der Waals surface area contributed by atoms with E-state index < -0.39 is 5.91 Å². The van der Waals surface area contributed by atoms with Crippen molar-refractivity contribution in [1.82, 2.24) is 5.32 Å². The van der Waals surface area contributed by atoms with Crippen molar-refractivity contribution in [2.75, 3.05) is 6.54 Å². The molecule has 0 atom stereocenters. The Bertz CT molecular complexity index is 744. The third-order valence-corrected chi connectivity index (χ3v) is 7.62. The predicted octanol–water partition coefficient (Wildman–Crippen LogP) is 3.36. The van der Waals surface area contributed by atoms with Crippen molar-refractivity contribution in [3.05, 3.63) is 59.1 Å². The van der Waals surface area contributed by atoms with Crippen molar-refractivity contribution >= 4 is 47.2 Å². The zero-order chi connectivity index (χ0) is 18.1. The third-order valence-electron chi connectivity index (χ3n) is 3.14. The van der Waals surface area contributed by atoms with Gasteiger partial charge in [-0.05, 0) is 0 Å². The molecule has 0 heterocycles. The van der Waals surface area contributed by atoms with Gasteiger partial charge >= 0.3 is 161 Å². The number of rotatable bonds is 8. The van der Waals surface area contributed by atoms with Gasteiger partial charge in [-0.2, -0.15) is 0 Å². The first kappa shape index (κ1) is 19.7. The van der Waals surface area contributed by atoms with Gasteiger partial charge in [0.05, 0.1) is 0 Å². The summed E-state index contributed by atoms with van der Waals surface area (Å²) in [6.45, 7) is 0.522. The molecule has 0 aromatic heterocycles. The van der Waals surface area contributed by atoms with Crippen LogP contribution in [-0.4, -0.2) is 42.3 Å². The predicted molar refractivity (Wildman–Crippen MR) is 102 cm³/mol. The molecule has 0 saturated heterocycles. The van der Waals surface area contributed by atoms with E-state index in [2.05, 4.69) is 22.6 Å². The number of benzene rings is 2. The Morgan fingerprint density at radius 1 is 1.24 bits per heavy atom. The Morgan fingerprint density at radius 3 is 2.68 bits per heavy atom. The van der Waals surface area contributed by atoms with Crippen LogP contribution in [0, 0.1) is 0 Å². The number of hydrogen-bond donors (Lipinski definition) is 3. The first-order valence-electron chi connectivity index (χ1n) is 7.41. The fraction of sp³-hybridized carbons (Fsp3) is 0.176. The van der Waals surface area contributed by atoms with Crippen LogP contribution in [0.5, 0.6) is 5.75 Å². The van der Waals surface area contributed by atoms with Gasteiger partial charge in [-0.25, -0.2) is 0 Å². The normalized spacial score (nSPS) is 11.3. The van der Waals surface area contributed by atoms with E-state index in [-0.39, 0.29) is 22.9 Å². The number of hydrogen-bond acceptors (Lipinski definition) is 5. The van der Waals surface area contributed by atoms with E-state index in [0.717, 1.165) is 5.32 Å². The quantitative estimate of drug-likeness (QED) is 0.192. The van der Waals surface area contributed by atoms with Crippen LogP contribution in [0.15, 0.2) is 58.6 Å². The van der Waals surface area contributed by atoms with E-state index in [4.69, 9.17) is 16.8 Å². The summed E-state index contributed by atoms with van der Waals surface area (Å²) < 4.78 is 0. The molecular weight excluding hydrogens is 427 g/mol. The fourth-order valence-corrected chi connectivity index (χ4v) is 5.50. The summed E-state index contributed by atoms with van der Waals surface area (Å²) in [7, 11) is 1.79. The Hall–Kier alpha value is -1.66. The Kier molecular flexibility index (Phi) is 8.15. The number of nitrogens with one attached hydrogen (secondary N) is 1. The van der Waals surface area contributed by atoms with E-state index in [1.807, 2.05) is 18.2 Å². The number of carbonyl (C=O) groups excluding carboxylic acids is 1. The van der Waals surface area contributed by atoms with Crippen molar-refractivity contribution in [3.63, 3.8) is 0 Å². The second kappa shape index (κ2) is 10.4. The molecule has 25 heavy (non-hydrogen) atoms. The van der Waals surface area contributed by atoms with Crippen LogP contribution in [-0.2, 0) is 11.2 Å². The fourth-order valence-electron chi connectivity index (χ4n) is 1.91. The van der Waals surface area contributed by atoms with Crippen molar-refractivity contribution in [2.45, 2.75) is 16.6 Å². The average molecular weight is 444 g/mol. The summed E-state index contributed by atoms with van der Waals surface area (Å²) in [5.41, 5.74) is 0.680. The second-order valence-corrected chi connectivity index (χ2v) is 9.65. The maximum atomic E-state index is 12.1. The molecular formula is C17H17ClN2O3SSe. The molecule has 0 fully saturated rings. The molecule has 0 saturated carbocycles. The van der Waals surface area contributed by atoms with Crippen LogP contribution in [0.3, 0.4) is 0 Å². The van der Waals surface area contributed by atoms with E-state index in [1.54, 1.807) is 16.2 Å². The number of phenolic OH excluding ortho intramolecular Hbond substituents is 1. The zero-order valence-electron chi connectivity index (χ0n) is 13.2. The summed E-state index contributed by atoms with van der Waals surface area (Å²) in [5, 5.41) is 25.4. The van der Waals surface area contributed by atoms with Crippen molar-refractivity contribution in [3.8, 4) is 5.75 Å². The second-order valence-electron chi connectivity index (χ2n) is 4.98. The van der Waals surface area contributed by atoms with Crippen LogP contribution >= 0.6 is 21.8 Å². The molecule has 2 aromatic carbocycles. The number of nitrogens with zero attached hydrogens (tertiary/aromatic N) is 1. The molecule has 5 nitrogen and oxygen atoms in total. The summed E-state index contributed by atoms with van der Waals surface area (Å²) in [5.74, 6) is -0.442. The molecule has 132 valence electrons. The van der Waals surface area contributed by atoms with Gasteiger partial charge in [0.2, 0.25) is 0 Å². The first-order valence-corrected chi connectivity index (χ1v) is 11.8. The molecule has 0 bridgehead atoms. The van der Waals surface area contributed by atoms with E-state index >= 15 is 0 Å². The molecule has 3 N–H and O–H groups in total. The number of oxime groups is 1. The molecule has 0 unspecified atom stereocenters. The molecule has 8 heteroatoms. The van der Waals surface area contributed by atoms with Gasteiger partial charge in [0.1, 0.15) is 0 Å². The minimum atomic E-state index is -0.410. The topological polar surface area (TPSA) is 81.9 Å². The summed E-state index contributed by atoms with van der Waals surface area (Å²) in [4.78, 5) is 13.3. The number of amides is 1. The van der Waals surface area contributed by atoms with Gasteiger partial charge < -0.3 is 0 Å². The van der Waals surface area contributed by atoms with Crippen LogP contribution in [0.4, 0.5) is 0 Å². The van der Waals surface area contributed by atoms with Gasteiger partial charge in [0.25, 0.3) is 0 Å². The molecule has 0 aliphatic carbocycles. The monoisotopic (exact) mass is 444 g/mol. The minimum absolute atomic E-state index is 0.00460. The van der Waals surface area contributed by atoms with Crippen LogP contribution in [0.2, 0.25) is 10.3 Å². The number of phenols is 1. The molecule has 2 rings (SSSR count). The van der Waals surface area contributed by atoms with Gasteiger partial charge in [-0.15, -0.1) is 0 Å². The average Bonchev–Trinajstić information content (AvgIpc) is 2.63. The third kappa shape index (κ3) is 6.63. The molecule has 2 aromatic rings. The van der Waals surface area contributed by atoms with Gasteiger partial charge in [-0.3, -0.25) is 0 Å². The van der Waals surface area contributed by atoms with Crippen molar-refractivity contribution in [2.24, 2.45) is 5.16 Å². The van der Waals surface area contributed by atoms with E-state index in [0.29, 0.717) is 25.9 Å². The SMILES string of the molecule is O=C(NCC[Se]Sc1ccccc1)/C(Cc1ccc(O)c(Cl)c1)=N/O. The van der Waals surface area contributed by atoms with Gasteiger partial charge in [-0.1, -0.05) is 0 Å². The van der Waals surface area contributed by atoms with Gasteiger partial charge in [0.15, 0.2) is 0 Å². The number of aromatic hydroxyl groups is 1. The molecule has 0 aliphatic heterocycles. The van der Waals surface area contributed by atoms with Gasteiger partial charge in [0, 0.05) is 0 Å². The van der Waals surface area contributed by atoms with Crippen molar-refractivity contribution < 1.29 is 15.1 Å². The first-order chi connectivity index (χ1) is 12.1. The Balaban J connectivity index is 1.75. The molecule has 0 radical (unpaired) electrons. The molecule has 0 spiro atoms. The maximum absolute atomic E-state index is 12.1. The standard InChI is InChI=1S/C17H17ClN2O3SSe/c18-14-10-12(6-7-16(14)21)11-15(20-23)17(22)19-8-9-25-24-13-4-2-1-3-5-13/h1-7,10,21,23H,8-9,11H2,(H,19,22)/b20-15+. The summed E-state index contributed by atoms with van der Waals surface area (Å²) >= 11 is 6.15. The Morgan fingerprint density at radius 2 is 2.00 bits per heavy atom. The zero-order valence-corrected chi connectivity index (χ0v) is 16.5. The summed E-state index contributed by atoms with van der Waals surface area (Å²) in [6, 6.07) is 14.7. The number of carbonyl (C=O) groups is 1. The van der Waals surface area contributed by atoms with E-state index in [9.17, 15) is 9.90 Å². The van der Waals surface area contributed by atoms with E-state index in [1.165, 1.54) is 17.0 Å². The van der Waals surface area contributed by atoms with Crippen LogP contribution in [0.1, 0.15) is 5.56 Å². The van der Waals surface area contributed by atoms with Crippen LogP contribution < -0.4 is 5.32 Å². The molecule has 1 amide bonds. The van der Waals surface area contributed by atoms with Crippen molar-refractivity contribution in [1.29, 1.82) is 0 Å². The summed E-state index contributed by atoms with van der Waals surface area (Å²) in [6.07, 6.45) is 0.131.